The molecule has 0 aliphatic rings. The minimum Gasteiger partial charge on any atom is -0.491 e. The Hall–Kier alpha value is -2.20. The quantitative estimate of drug-likeness (QED) is 0.658. The first-order chi connectivity index (χ1) is 11.7. The van der Waals surface area contributed by atoms with Crippen LogP contribution in [-0.2, 0) is 11.3 Å². The van der Waals surface area contributed by atoms with E-state index in [4.69, 9.17) is 14.2 Å². The van der Waals surface area contributed by atoms with Gasteiger partial charge in [-0.1, -0.05) is 38.1 Å². The average molecular weight is 329 g/mol. The first-order valence-corrected chi connectivity index (χ1v) is 8.35. The highest BCUT2D eigenvalue weighted by atomic mass is 16.5. The third-order valence-electron chi connectivity index (χ3n) is 3.42. The fraction of sp³-hybridized carbons (Fsp3) is 0.400. The van der Waals surface area contributed by atoms with Gasteiger partial charge in [-0.15, -0.1) is 0 Å². The van der Waals surface area contributed by atoms with Gasteiger partial charge in [0.1, 0.15) is 18.1 Å². The van der Waals surface area contributed by atoms with Gasteiger partial charge in [0, 0.05) is 13.7 Å². The maximum absolute atomic E-state index is 5.87. The number of para-hydroxylation sites is 2. The second-order valence-corrected chi connectivity index (χ2v) is 6.04. The number of nitrogens with one attached hydrogen (secondary N) is 1. The van der Waals surface area contributed by atoms with E-state index in [1.165, 1.54) is 5.56 Å². The van der Waals surface area contributed by atoms with E-state index in [2.05, 4.69) is 31.3 Å². The van der Waals surface area contributed by atoms with Crippen molar-refractivity contribution in [3.63, 3.8) is 0 Å². The molecule has 0 heterocycles. The number of anilines is 1. The van der Waals surface area contributed by atoms with Crippen molar-refractivity contribution < 1.29 is 14.2 Å². The minimum absolute atomic E-state index is 0.503. The first-order valence-electron chi connectivity index (χ1n) is 8.35. The number of methoxy groups -OCH3 is 1. The molecular formula is C20H27NO3. The maximum atomic E-state index is 5.87. The van der Waals surface area contributed by atoms with Crippen LogP contribution in [0.3, 0.4) is 0 Å². The van der Waals surface area contributed by atoms with Gasteiger partial charge in [-0.25, -0.2) is 0 Å². The van der Waals surface area contributed by atoms with Gasteiger partial charge in [0.2, 0.25) is 0 Å². The molecule has 4 nitrogen and oxygen atoms in total. The lowest BCUT2D eigenvalue weighted by Crippen LogP contribution is -2.07. The number of ether oxygens (including phenoxy) is 3. The van der Waals surface area contributed by atoms with E-state index in [9.17, 15) is 0 Å². The molecule has 0 bridgehead atoms. The van der Waals surface area contributed by atoms with Crippen LogP contribution in [0, 0.1) is 5.92 Å². The van der Waals surface area contributed by atoms with E-state index in [0.29, 0.717) is 25.7 Å². The van der Waals surface area contributed by atoms with Crippen molar-refractivity contribution in [2.24, 2.45) is 5.92 Å². The smallest absolute Gasteiger partial charge is 0.142 e. The van der Waals surface area contributed by atoms with Gasteiger partial charge < -0.3 is 19.5 Å². The topological polar surface area (TPSA) is 39.7 Å². The van der Waals surface area contributed by atoms with Crippen LogP contribution < -0.4 is 14.8 Å². The largest absolute Gasteiger partial charge is 0.491 e. The molecule has 130 valence electrons. The Labute approximate surface area is 144 Å². The highest BCUT2D eigenvalue weighted by molar-refractivity contribution is 5.56. The lowest BCUT2D eigenvalue weighted by molar-refractivity contribution is 0.146. The molecule has 24 heavy (non-hydrogen) atoms. The molecule has 0 spiro atoms. The zero-order valence-corrected chi connectivity index (χ0v) is 14.7. The molecule has 0 aromatic heterocycles. The van der Waals surface area contributed by atoms with Gasteiger partial charge >= 0.3 is 0 Å². The zero-order chi connectivity index (χ0) is 17.2. The van der Waals surface area contributed by atoms with Crippen LogP contribution in [0.5, 0.6) is 11.5 Å². The van der Waals surface area contributed by atoms with Crippen LogP contribution in [0.4, 0.5) is 5.69 Å². The summed E-state index contributed by atoms with van der Waals surface area (Å²) in [6.45, 7) is 6.90. The summed E-state index contributed by atoms with van der Waals surface area (Å²) in [5.41, 5.74) is 2.20. The van der Waals surface area contributed by atoms with Crippen LogP contribution in [0.25, 0.3) is 0 Å². The minimum atomic E-state index is 0.503. The third kappa shape index (κ3) is 6.13. The van der Waals surface area contributed by atoms with Crippen molar-refractivity contribution in [3.05, 3.63) is 54.1 Å². The van der Waals surface area contributed by atoms with Crippen molar-refractivity contribution in [2.75, 3.05) is 32.2 Å². The van der Waals surface area contributed by atoms with Gasteiger partial charge in [-0.3, -0.25) is 0 Å². The molecule has 2 rings (SSSR count). The lowest BCUT2D eigenvalue weighted by atomic mass is 10.2. The highest BCUT2D eigenvalue weighted by Gasteiger charge is 2.04. The van der Waals surface area contributed by atoms with Gasteiger partial charge in [-0.05, 0) is 35.7 Å². The second-order valence-electron chi connectivity index (χ2n) is 6.04. The summed E-state index contributed by atoms with van der Waals surface area (Å²) in [5, 5.41) is 3.44. The molecule has 0 aliphatic heterocycles. The summed E-state index contributed by atoms with van der Waals surface area (Å²) >= 11 is 0. The van der Waals surface area contributed by atoms with E-state index in [-0.39, 0.29) is 0 Å². The molecule has 2 aromatic carbocycles. The van der Waals surface area contributed by atoms with E-state index in [1.54, 1.807) is 7.11 Å². The van der Waals surface area contributed by atoms with Gasteiger partial charge in [-0.2, -0.15) is 0 Å². The van der Waals surface area contributed by atoms with Gasteiger partial charge in [0.25, 0.3) is 0 Å². The molecule has 0 aliphatic carbocycles. The molecule has 2 aromatic rings. The number of hydrogen-bond donors (Lipinski definition) is 1. The Morgan fingerprint density at radius 2 is 1.67 bits per heavy atom. The predicted molar refractivity (Wildman–Crippen MR) is 97.9 cm³/mol. The summed E-state index contributed by atoms with van der Waals surface area (Å²) < 4.78 is 16.4. The lowest BCUT2D eigenvalue weighted by Gasteiger charge is -2.14. The van der Waals surface area contributed by atoms with Gasteiger partial charge in [0.05, 0.1) is 18.9 Å². The van der Waals surface area contributed by atoms with Crippen LogP contribution in [0.2, 0.25) is 0 Å². The molecule has 0 radical (unpaired) electrons. The molecule has 0 amide bonds. The Bertz CT molecular complexity index is 596. The summed E-state index contributed by atoms with van der Waals surface area (Å²) in [6.07, 6.45) is 0. The van der Waals surface area contributed by atoms with Crippen LogP contribution in [0.15, 0.2) is 48.5 Å². The standard InChI is InChI=1S/C20H27NO3/c1-16(2)15-24-20-7-5-4-6-19(20)21-14-17-8-10-18(11-9-17)23-13-12-22-3/h4-11,16,21H,12-15H2,1-3H3. The van der Waals surface area contributed by atoms with E-state index >= 15 is 0 Å². The van der Waals surface area contributed by atoms with Crippen molar-refractivity contribution in [1.29, 1.82) is 0 Å². The molecular weight excluding hydrogens is 302 g/mol. The summed E-state index contributed by atoms with van der Waals surface area (Å²) in [6, 6.07) is 16.1. The Morgan fingerprint density at radius 3 is 2.38 bits per heavy atom. The highest BCUT2D eigenvalue weighted by Crippen LogP contribution is 2.25. The molecule has 1 N–H and O–H groups in total. The van der Waals surface area contributed by atoms with Crippen LogP contribution in [0.1, 0.15) is 19.4 Å². The normalized spacial score (nSPS) is 10.7. The second kappa shape index (κ2) is 9.83. The number of hydrogen-bond acceptors (Lipinski definition) is 4. The Kier molecular flexibility index (Phi) is 7.43. The maximum Gasteiger partial charge on any atom is 0.142 e. The van der Waals surface area contributed by atoms with E-state index in [1.807, 2.05) is 36.4 Å². The van der Waals surface area contributed by atoms with E-state index in [0.717, 1.165) is 23.7 Å². The van der Waals surface area contributed by atoms with Crippen LogP contribution >= 0.6 is 0 Å². The zero-order valence-electron chi connectivity index (χ0n) is 14.7. The monoisotopic (exact) mass is 329 g/mol. The first kappa shape index (κ1) is 18.1. The van der Waals surface area contributed by atoms with Crippen molar-refractivity contribution in [3.8, 4) is 11.5 Å². The van der Waals surface area contributed by atoms with E-state index < -0.39 is 0 Å². The van der Waals surface area contributed by atoms with Crippen molar-refractivity contribution in [1.82, 2.24) is 0 Å². The van der Waals surface area contributed by atoms with Crippen molar-refractivity contribution in [2.45, 2.75) is 20.4 Å². The van der Waals surface area contributed by atoms with Crippen molar-refractivity contribution >= 4 is 5.69 Å². The fourth-order valence-corrected chi connectivity index (χ4v) is 2.14. The summed E-state index contributed by atoms with van der Waals surface area (Å²) in [5.74, 6) is 2.26. The Balaban J connectivity index is 1.89. The van der Waals surface area contributed by atoms with Gasteiger partial charge in [0.15, 0.2) is 0 Å². The molecule has 0 unspecified atom stereocenters. The molecule has 4 heteroatoms. The summed E-state index contributed by atoms with van der Waals surface area (Å²) in [7, 11) is 1.67. The average Bonchev–Trinajstić information content (AvgIpc) is 2.60. The fourth-order valence-electron chi connectivity index (χ4n) is 2.14. The summed E-state index contributed by atoms with van der Waals surface area (Å²) in [4.78, 5) is 0. The predicted octanol–water partition coefficient (Wildman–Crippen LogP) is 4.36. The Morgan fingerprint density at radius 1 is 0.917 bits per heavy atom. The number of rotatable bonds is 10. The SMILES string of the molecule is COCCOc1ccc(CNc2ccccc2OCC(C)C)cc1. The van der Waals surface area contributed by atoms with Crippen LogP contribution in [-0.4, -0.2) is 26.9 Å². The number of benzene rings is 2. The molecule has 0 atom stereocenters. The molecule has 0 saturated carbocycles. The molecule has 0 saturated heterocycles. The third-order valence-corrected chi connectivity index (χ3v) is 3.42. The molecule has 0 fully saturated rings.